The monoisotopic (exact) mass is 279 g/mol. The molecule has 0 radical (unpaired) electrons. The third-order valence-electron chi connectivity index (χ3n) is 4.34. The van der Waals surface area contributed by atoms with Gasteiger partial charge < -0.3 is 5.32 Å². The van der Waals surface area contributed by atoms with Gasteiger partial charge >= 0.3 is 6.03 Å². The van der Waals surface area contributed by atoms with E-state index in [-0.39, 0.29) is 6.03 Å². The number of nitrogens with zero attached hydrogens (tertiary/aromatic N) is 1. The Morgan fingerprint density at radius 1 is 1.00 bits per heavy atom. The summed E-state index contributed by atoms with van der Waals surface area (Å²) in [5.41, 5.74) is 2.54. The number of carbonyl (C=O) groups is 1. The van der Waals surface area contributed by atoms with E-state index in [1.165, 1.54) is 0 Å². The van der Waals surface area contributed by atoms with Crippen molar-refractivity contribution in [3.63, 3.8) is 0 Å². The maximum Gasteiger partial charge on any atom is 0.323 e. The summed E-state index contributed by atoms with van der Waals surface area (Å²) < 4.78 is 0. The average molecular weight is 279 g/mol. The van der Waals surface area contributed by atoms with Gasteiger partial charge in [-0.15, -0.1) is 0 Å². The summed E-state index contributed by atoms with van der Waals surface area (Å²) in [7, 11) is 0. The highest BCUT2D eigenvalue weighted by Crippen LogP contribution is 2.42. The fraction of sp³-hybridized carbons (Fsp3) is 0.235. The van der Waals surface area contributed by atoms with Crippen molar-refractivity contribution in [1.82, 2.24) is 10.2 Å². The summed E-state index contributed by atoms with van der Waals surface area (Å²) in [6.45, 7) is 1.65. The second-order valence-electron chi connectivity index (χ2n) is 5.48. The smallest absolute Gasteiger partial charge is 0.307 e. The van der Waals surface area contributed by atoms with Gasteiger partial charge in [-0.25, -0.2) is 4.79 Å². The molecule has 2 aliphatic rings. The van der Waals surface area contributed by atoms with Gasteiger partial charge in [0.1, 0.15) is 5.66 Å². The highest BCUT2D eigenvalue weighted by atomic mass is 16.2. The molecule has 21 heavy (non-hydrogen) atoms. The molecule has 1 unspecified atom stereocenters. The molecule has 0 saturated carbocycles. The van der Waals surface area contributed by atoms with Crippen LogP contribution in [-0.2, 0) is 5.66 Å². The van der Waals surface area contributed by atoms with E-state index >= 15 is 0 Å². The van der Waals surface area contributed by atoms with Crippen LogP contribution in [-0.4, -0.2) is 24.0 Å². The minimum atomic E-state index is -0.557. The first-order valence-electron chi connectivity index (χ1n) is 7.31. The normalized spacial score (nSPS) is 24.0. The zero-order valence-corrected chi connectivity index (χ0v) is 11.7. The molecule has 2 N–H and O–H groups in total. The Bertz CT molecular complexity index is 685. The minimum absolute atomic E-state index is 0.0373. The summed E-state index contributed by atoms with van der Waals surface area (Å²) in [5, 5.41) is 6.60. The highest BCUT2D eigenvalue weighted by molar-refractivity contribution is 5.94. The predicted molar refractivity (Wildman–Crippen MR) is 82.0 cm³/mol. The quantitative estimate of drug-likeness (QED) is 0.843. The lowest BCUT2D eigenvalue weighted by molar-refractivity contribution is 0.0903. The van der Waals surface area contributed by atoms with E-state index in [1.54, 1.807) is 0 Å². The third-order valence-corrected chi connectivity index (χ3v) is 4.34. The molecule has 2 heterocycles. The largest absolute Gasteiger partial charge is 0.323 e. The Kier molecular flexibility index (Phi) is 2.72. The predicted octanol–water partition coefficient (Wildman–Crippen LogP) is 2.73. The highest BCUT2D eigenvalue weighted by Gasteiger charge is 2.48. The Labute approximate surface area is 123 Å². The maximum absolute atomic E-state index is 12.5. The topological polar surface area (TPSA) is 44.4 Å². The molecule has 0 aromatic heterocycles. The number of anilines is 1. The van der Waals surface area contributed by atoms with Crippen molar-refractivity contribution in [2.45, 2.75) is 12.1 Å². The first kappa shape index (κ1) is 12.4. The molecule has 0 spiro atoms. The van der Waals surface area contributed by atoms with Crippen LogP contribution < -0.4 is 10.6 Å². The third kappa shape index (κ3) is 1.69. The van der Waals surface area contributed by atoms with Gasteiger partial charge in [-0.3, -0.25) is 10.2 Å². The van der Waals surface area contributed by atoms with Gasteiger partial charge in [0.15, 0.2) is 0 Å². The molecule has 4 rings (SSSR count). The number of carbonyl (C=O) groups excluding carboxylic acids is 1. The van der Waals surface area contributed by atoms with E-state index in [1.807, 2.05) is 41.3 Å². The van der Waals surface area contributed by atoms with Gasteiger partial charge in [-0.05, 0) is 24.6 Å². The van der Waals surface area contributed by atoms with Crippen LogP contribution in [0.3, 0.4) is 0 Å². The van der Waals surface area contributed by atoms with Gasteiger partial charge in [0.25, 0.3) is 0 Å². The van der Waals surface area contributed by atoms with Gasteiger partial charge in [0, 0.05) is 17.8 Å². The van der Waals surface area contributed by atoms with E-state index in [9.17, 15) is 4.79 Å². The number of amides is 2. The fourth-order valence-electron chi connectivity index (χ4n) is 3.45. The van der Waals surface area contributed by atoms with Gasteiger partial charge in [-0.1, -0.05) is 48.5 Å². The van der Waals surface area contributed by atoms with Crippen LogP contribution in [0.5, 0.6) is 0 Å². The van der Waals surface area contributed by atoms with Crippen LogP contribution in [0.25, 0.3) is 0 Å². The molecular formula is C17H17N3O. The molecule has 4 heteroatoms. The average Bonchev–Trinajstić information content (AvgIpc) is 2.56. The molecule has 1 fully saturated rings. The Balaban J connectivity index is 2.00. The molecule has 0 aliphatic carbocycles. The summed E-state index contributed by atoms with van der Waals surface area (Å²) in [6, 6.07) is 18.2. The number of rotatable bonds is 1. The Morgan fingerprint density at radius 2 is 1.76 bits per heavy atom. The lowest BCUT2D eigenvalue weighted by Crippen LogP contribution is -2.65. The van der Waals surface area contributed by atoms with Crippen LogP contribution in [0.4, 0.5) is 10.5 Å². The van der Waals surface area contributed by atoms with Crippen molar-refractivity contribution in [3.05, 3.63) is 65.7 Å². The fourth-order valence-corrected chi connectivity index (χ4v) is 3.45. The van der Waals surface area contributed by atoms with Crippen LogP contribution >= 0.6 is 0 Å². The molecule has 106 valence electrons. The van der Waals surface area contributed by atoms with Crippen molar-refractivity contribution in [3.8, 4) is 0 Å². The number of fused-ring (bicyclic) bond motifs is 3. The van der Waals surface area contributed by atoms with Crippen molar-refractivity contribution < 1.29 is 4.79 Å². The van der Waals surface area contributed by atoms with Crippen molar-refractivity contribution >= 4 is 11.7 Å². The molecule has 1 atom stereocenters. The van der Waals surface area contributed by atoms with E-state index in [4.69, 9.17) is 0 Å². The molecule has 2 aromatic carbocycles. The van der Waals surface area contributed by atoms with Crippen molar-refractivity contribution in [2.24, 2.45) is 0 Å². The lowest BCUT2D eigenvalue weighted by atomic mass is 9.85. The summed E-state index contributed by atoms with van der Waals surface area (Å²) >= 11 is 0. The zero-order valence-electron chi connectivity index (χ0n) is 11.7. The van der Waals surface area contributed by atoms with Crippen molar-refractivity contribution in [1.29, 1.82) is 0 Å². The molecule has 0 bridgehead atoms. The first-order valence-corrected chi connectivity index (χ1v) is 7.31. The summed E-state index contributed by atoms with van der Waals surface area (Å²) in [6.07, 6.45) is 0.962. The Morgan fingerprint density at radius 3 is 2.62 bits per heavy atom. The SMILES string of the molecule is O=C1Nc2ccccc2C2(c3ccccc3)NCCCN12. The maximum atomic E-state index is 12.5. The lowest BCUT2D eigenvalue weighted by Gasteiger charge is -2.51. The molecule has 2 amide bonds. The molecule has 1 saturated heterocycles. The van der Waals surface area contributed by atoms with E-state index in [0.29, 0.717) is 0 Å². The van der Waals surface area contributed by atoms with Gasteiger partial charge in [0.2, 0.25) is 0 Å². The number of para-hydroxylation sites is 1. The van der Waals surface area contributed by atoms with Crippen LogP contribution in [0.1, 0.15) is 17.5 Å². The first-order chi connectivity index (χ1) is 10.3. The van der Waals surface area contributed by atoms with E-state index in [2.05, 4.69) is 28.8 Å². The standard InChI is InChI=1S/C17H17N3O/c21-16-19-15-10-5-4-9-14(15)17(13-7-2-1-3-8-13)18-11-6-12-20(16)17/h1-5,7-10,18H,6,11-12H2,(H,19,21). The summed E-state index contributed by atoms with van der Waals surface area (Å²) in [5.74, 6) is 0. The molecule has 2 aliphatic heterocycles. The molecule has 4 nitrogen and oxygen atoms in total. The Hall–Kier alpha value is -2.33. The number of hydrogen-bond donors (Lipinski definition) is 2. The van der Waals surface area contributed by atoms with Crippen LogP contribution in [0, 0.1) is 0 Å². The number of nitrogens with one attached hydrogen (secondary N) is 2. The zero-order chi connectivity index (χ0) is 14.3. The molecule has 2 aromatic rings. The van der Waals surface area contributed by atoms with Crippen LogP contribution in [0.2, 0.25) is 0 Å². The van der Waals surface area contributed by atoms with Gasteiger partial charge in [0.05, 0.1) is 0 Å². The van der Waals surface area contributed by atoms with E-state index < -0.39 is 5.66 Å². The number of hydrogen-bond acceptors (Lipinski definition) is 2. The number of benzene rings is 2. The number of urea groups is 1. The second-order valence-corrected chi connectivity index (χ2v) is 5.48. The van der Waals surface area contributed by atoms with Gasteiger partial charge in [-0.2, -0.15) is 0 Å². The van der Waals surface area contributed by atoms with Crippen LogP contribution in [0.15, 0.2) is 54.6 Å². The van der Waals surface area contributed by atoms with E-state index in [0.717, 1.165) is 36.3 Å². The minimum Gasteiger partial charge on any atom is -0.307 e. The summed E-state index contributed by atoms with van der Waals surface area (Å²) in [4.78, 5) is 14.5. The second kappa shape index (κ2) is 4.60. The van der Waals surface area contributed by atoms with Crippen molar-refractivity contribution in [2.75, 3.05) is 18.4 Å². The molecular weight excluding hydrogens is 262 g/mol.